The molecule has 0 radical (unpaired) electrons. The van der Waals surface area contributed by atoms with Crippen LogP contribution in [-0.2, 0) is 17.8 Å². The molecule has 0 bridgehead atoms. The van der Waals surface area contributed by atoms with Gasteiger partial charge in [-0.1, -0.05) is 13.8 Å². The maximum absolute atomic E-state index is 12.5. The number of hydrogen-bond donors (Lipinski definition) is 1. The normalized spacial score (nSPS) is 15.3. The van der Waals surface area contributed by atoms with Crippen LogP contribution in [-0.4, -0.2) is 58.8 Å². The lowest BCUT2D eigenvalue weighted by atomic mass is 10.1. The molecular formula is C21H32N6O. The number of hydrogen-bond acceptors (Lipinski definition) is 5. The quantitative estimate of drug-likeness (QED) is 0.829. The molecule has 28 heavy (non-hydrogen) atoms. The van der Waals surface area contributed by atoms with E-state index in [0.29, 0.717) is 12.3 Å². The summed E-state index contributed by atoms with van der Waals surface area (Å²) in [6.45, 7) is 13.3. The number of aryl methyl sites for hydroxylation is 1. The van der Waals surface area contributed by atoms with Gasteiger partial charge in [0.2, 0.25) is 5.91 Å². The number of piperazine rings is 1. The summed E-state index contributed by atoms with van der Waals surface area (Å²) in [5.74, 6) is 1.45. The summed E-state index contributed by atoms with van der Waals surface area (Å²) in [6.07, 6.45) is 2.07. The number of anilines is 2. The van der Waals surface area contributed by atoms with Gasteiger partial charge in [-0.05, 0) is 38.9 Å². The van der Waals surface area contributed by atoms with Crippen molar-refractivity contribution < 1.29 is 4.79 Å². The van der Waals surface area contributed by atoms with Gasteiger partial charge in [-0.3, -0.25) is 9.48 Å². The van der Waals surface area contributed by atoms with Gasteiger partial charge in [0.1, 0.15) is 5.82 Å². The third-order valence-electron chi connectivity index (χ3n) is 5.27. The van der Waals surface area contributed by atoms with Gasteiger partial charge >= 0.3 is 0 Å². The molecule has 1 fully saturated rings. The molecule has 7 heteroatoms. The van der Waals surface area contributed by atoms with E-state index in [1.165, 1.54) is 0 Å². The van der Waals surface area contributed by atoms with Crippen molar-refractivity contribution in [1.82, 2.24) is 19.7 Å². The van der Waals surface area contributed by atoms with Gasteiger partial charge in [-0.25, -0.2) is 4.98 Å². The van der Waals surface area contributed by atoms with Crippen LogP contribution in [0.4, 0.5) is 11.5 Å². The Bertz CT molecular complexity index is 803. The Morgan fingerprint density at radius 1 is 1.18 bits per heavy atom. The molecule has 3 rings (SSSR count). The summed E-state index contributed by atoms with van der Waals surface area (Å²) < 4.78 is 2.01. The Morgan fingerprint density at radius 2 is 1.89 bits per heavy atom. The van der Waals surface area contributed by atoms with Crippen LogP contribution in [0, 0.1) is 19.8 Å². The summed E-state index contributed by atoms with van der Waals surface area (Å²) in [7, 11) is 2.14. The lowest BCUT2D eigenvalue weighted by molar-refractivity contribution is -0.115. The van der Waals surface area contributed by atoms with E-state index in [1.807, 2.05) is 30.7 Å². The molecule has 1 saturated heterocycles. The summed E-state index contributed by atoms with van der Waals surface area (Å²) >= 11 is 0. The zero-order chi connectivity index (χ0) is 20.3. The molecule has 0 unspecified atom stereocenters. The molecule has 0 aromatic carbocycles. The van der Waals surface area contributed by atoms with Crippen LogP contribution in [0.3, 0.4) is 0 Å². The van der Waals surface area contributed by atoms with E-state index in [4.69, 9.17) is 0 Å². The van der Waals surface area contributed by atoms with Crippen LogP contribution in [0.1, 0.15) is 30.8 Å². The molecule has 1 aliphatic heterocycles. The fourth-order valence-corrected chi connectivity index (χ4v) is 3.56. The Balaban J connectivity index is 1.60. The average molecular weight is 385 g/mol. The molecule has 152 valence electrons. The molecule has 2 aromatic heterocycles. The average Bonchev–Trinajstić information content (AvgIpc) is 2.90. The standard InChI is InChI=1S/C21H32N6O/c1-15(2)14-27-17(4)19(16(3)24-27)12-21(28)23-18-6-7-20(22-13-18)26-10-8-25(5)9-11-26/h6-7,13,15H,8-12,14H2,1-5H3,(H,23,28). The van der Waals surface area contributed by atoms with Gasteiger partial charge in [0.25, 0.3) is 0 Å². The predicted octanol–water partition coefficient (Wildman–Crippen LogP) is 2.48. The number of likely N-dealkylation sites (N-methyl/N-ethyl adjacent to an activating group) is 1. The van der Waals surface area contributed by atoms with Crippen molar-refractivity contribution in [2.24, 2.45) is 5.92 Å². The highest BCUT2D eigenvalue weighted by molar-refractivity contribution is 5.92. The highest BCUT2D eigenvalue weighted by Gasteiger charge is 2.17. The van der Waals surface area contributed by atoms with Crippen molar-refractivity contribution in [1.29, 1.82) is 0 Å². The zero-order valence-corrected chi connectivity index (χ0v) is 17.7. The largest absolute Gasteiger partial charge is 0.354 e. The first-order chi connectivity index (χ1) is 13.3. The Morgan fingerprint density at radius 3 is 2.50 bits per heavy atom. The third kappa shape index (κ3) is 4.90. The Hall–Kier alpha value is -2.41. The highest BCUT2D eigenvalue weighted by atomic mass is 16.1. The number of carbonyl (C=O) groups excluding carboxylic acids is 1. The number of rotatable bonds is 6. The number of aromatic nitrogens is 3. The summed E-state index contributed by atoms with van der Waals surface area (Å²) in [5.41, 5.74) is 3.75. The van der Waals surface area contributed by atoms with Crippen LogP contribution in [0.15, 0.2) is 18.3 Å². The van der Waals surface area contributed by atoms with Crippen molar-refractivity contribution in [3.8, 4) is 0 Å². The molecule has 1 aliphatic rings. The van der Waals surface area contributed by atoms with Crippen molar-refractivity contribution in [3.05, 3.63) is 35.3 Å². The second-order valence-corrected chi connectivity index (χ2v) is 8.15. The summed E-state index contributed by atoms with van der Waals surface area (Å²) in [5, 5.41) is 7.56. The summed E-state index contributed by atoms with van der Waals surface area (Å²) in [6, 6.07) is 3.92. The number of nitrogens with zero attached hydrogens (tertiary/aromatic N) is 5. The summed E-state index contributed by atoms with van der Waals surface area (Å²) in [4.78, 5) is 21.7. The van der Waals surface area contributed by atoms with Gasteiger partial charge in [0, 0.05) is 44.0 Å². The topological polar surface area (TPSA) is 66.3 Å². The molecule has 0 aliphatic carbocycles. The molecule has 7 nitrogen and oxygen atoms in total. The molecule has 3 heterocycles. The van der Waals surface area contributed by atoms with Crippen LogP contribution in [0.5, 0.6) is 0 Å². The van der Waals surface area contributed by atoms with Gasteiger partial charge in [0.15, 0.2) is 0 Å². The van der Waals surface area contributed by atoms with E-state index in [9.17, 15) is 4.79 Å². The third-order valence-corrected chi connectivity index (χ3v) is 5.27. The molecular weight excluding hydrogens is 352 g/mol. The predicted molar refractivity (Wildman–Crippen MR) is 113 cm³/mol. The van der Waals surface area contributed by atoms with Gasteiger partial charge < -0.3 is 15.1 Å². The van der Waals surface area contributed by atoms with Crippen LogP contribution < -0.4 is 10.2 Å². The lowest BCUT2D eigenvalue weighted by Crippen LogP contribution is -2.44. The fourth-order valence-electron chi connectivity index (χ4n) is 3.56. The minimum absolute atomic E-state index is 0.0376. The Kier molecular flexibility index (Phi) is 6.34. The maximum Gasteiger partial charge on any atom is 0.228 e. The van der Waals surface area contributed by atoms with Crippen molar-refractivity contribution in [2.45, 2.75) is 40.7 Å². The first kappa shape index (κ1) is 20.3. The smallest absolute Gasteiger partial charge is 0.228 e. The maximum atomic E-state index is 12.5. The first-order valence-electron chi connectivity index (χ1n) is 10.1. The van der Waals surface area contributed by atoms with Crippen molar-refractivity contribution >= 4 is 17.4 Å². The second-order valence-electron chi connectivity index (χ2n) is 8.15. The van der Waals surface area contributed by atoms with Gasteiger partial charge in [-0.2, -0.15) is 5.10 Å². The number of nitrogens with one attached hydrogen (secondary N) is 1. The van der Waals surface area contributed by atoms with Crippen LogP contribution in [0.25, 0.3) is 0 Å². The van der Waals surface area contributed by atoms with Crippen LogP contribution in [0.2, 0.25) is 0 Å². The first-order valence-corrected chi connectivity index (χ1v) is 10.1. The molecule has 0 saturated carbocycles. The van der Waals surface area contributed by atoms with E-state index < -0.39 is 0 Å². The number of carbonyl (C=O) groups is 1. The van der Waals surface area contributed by atoms with Crippen molar-refractivity contribution in [2.75, 3.05) is 43.4 Å². The highest BCUT2D eigenvalue weighted by Crippen LogP contribution is 2.18. The van der Waals surface area contributed by atoms with E-state index in [-0.39, 0.29) is 5.91 Å². The minimum Gasteiger partial charge on any atom is -0.354 e. The SMILES string of the molecule is Cc1nn(CC(C)C)c(C)c1CC(=O)Nc1ccc(N2CCN(C)CC2)nc1. The van der Waals surface area contributed by atoms with Gasteiger partial charge in [0.05, 0.1) is 24.0 Å². The molecule has 0 spiro atoms. The van der Waals surface area contributed by atoms with E-state index in [0.717, 1.165) is 61.2 Å². The molecule has 0 atom stereocenters. The minimum atomic E-state index is -0.0376. The van der Waals surface area contributed by atoms with Crippen LogP contribution >= 0.6 is 0 Å². The Labute approximate surface area is 167 Å². The van der Waals surface area contributed by atoms with Gasteiger partial charge in [-0.15, -0.1) is 0 Å². The van der Waals surface area contributed by atoms with E-state index in [1.54, 1.807) is 6.20 Å². The van der Waals surface area contributed by atoms with E-state index >= 15 is 0 Å². The van der Waals surface area contributed by atoms with E-state index in [2.05, 4.69) is 46.1 Å². The number of amides is 1. The molecule has 2 aromatic rings. The lowest BCUT2D eigenvalue weighted by Gasteiger charge is -2.33. The number of pyridine rings is 1. The fraction of sp³-hybridized carbons (Fsp3) is 0.571. The van der Waals surface area contributed by atoms with Crippen molar-refractivity contribution in [3.63, 3.8) is 0 Å². The molecule has 1 amide bonds. The monoisotopic (exact) mass is 384 g/mol. The molecule has 1 N–H and O–H groups in total. The zero-order valence-electron chi connectivity index (χ0n) is 17.7. The second kappa shape index (κ2) is 8.73.